The second-order valence-electron chi connectivity index (χ2n) is 3.83. The van der Waals surface area contributed by atoms with E-state index in [0.717, 1.165) is 17.5 Å². The lowest BCUT2D eigenvalue weighted by Gasteiger charge is -2.06. The van der Waals surface area contributed by atoms with E-state index in [1.807, 2.05) is 24.3 Å². The maximum Gasteiger partial charge on any atom is 0.318 e. The van der Waals surface area contributed by atoms with Crippen molar-refractivity contribution in [2.45, 2.75) is 6.42 Å². The first kappa shape index (κ1) is 13.1. The number of rotatable bonds is 5. The summed E-state index contributed by atoms with van der Waals surface area (Å²) in [6.07, 6.45) is 1.68. The normalized spacial score (nSPS) is 10.2. The Kier molecular flexibility index (Phi) is 4.12. The lowest BCUT2D eigenvalue weighted by molar-refractivity contribution is 0.295. The molecule has 100 valence electrons. The Morgan fingerprint density at radius 2 is 2.00 bits per heavy atom. The fourth-order valence-corrected chi connectivity index (χ4v) is 1.49. The van der Waals surface area contributed by atoms with Crippen molar-refractivity contribution in [1.29, 1.82) is 0 Å². The van der Waals surface area contributed by atoms with Gasteiger partial charge < -0.3 is 15.2 Å². The molecule has 0 unspecified atom stereocenters. The number of anilines is 1. The number of methoxy groups -OCH3 is 1. The number of nitrogen functional groups attached to an aromatic ring is 1. The first-order chi connectivity index (χ1) is 9.19. The van der Waals surface area contributed by atoms with Gasteiger partial charge in [0.15, 0.2) is 11.6 Å². The highest BCUT2D eigenvalue weighted by atomic mass is 19.1. The number of ether oxygens (including phenoxy) is 2. The second-order valence-corrected chi connectivity index (χ2v) is 3.83. The van der Waals surface area contributed by atoms with Crippen LogP contribution in [0.4, 0.5) is 10.2 Å². The van der Waals surface area contributed by atoms with Gasteiger partial charge in [0.1, 0.15) is 5.75 Å². The third-order valence-corrected chi connectivity index (χ3v) is 2.53. The zero-order chi connectivity index (χ0) is 13.7. The summed E-state index contributed by atoms with van der Waals surface area (Å²) in [4.78, 5) is 7.37. The third-order valence-electron chi connectivity index (χ3n) is 2.53. The van der Waals surface area contributed by atoms with Gasteiger partial charge in [0.2, 0.25) is 0 Å². The molecule has 2 N–H and O–H groups in total. The van der Waals surface area contributed by atoms with Crippen LogP contribution in [-0.2, 0) is 6.42 Å². The molecule has 0 aliphatic heterocycles. The van der Waals surface area contributed by atoms with Gasteiger partial charge in [-0.3, -0.25) is 0 Å². The summed E-state index contributed by atoms with van der Waals surface area (Å²) < 4.78 is 23.2. The molecule has 1 aromatic heterocycles. The predicted molar refractivity (Wildman–Crippen MR) is 68.6 cm³/mol. The quantitative estimate of drug-likeness (QED) is 0.891. The molecule has 1 aromatic carbocycles. The Morgan fingerprint density at radius 1 is 1.26 bits per heavy atom. The van der Waals surface area contributed by atoms with E-state index in [9.17, 15) is 4.39 Å². The van der Waals surface area contributed by atoms with Crippen molar-refractivity contribution in [3.63, 3.8) is 0 Å². The number of hydrogen-bond acceptors (Lipinski definition) is 5. The van der Waals surface area contributed by atoms with Crippen LogP contribution in [0.15, 0.2) is 30.5 Å². The molecule has 0 atom stereocenters. The molecule has 6 heteroatoms. The zero-order valence-corrected chi connectivity index (χ0v) is 10.5. The zero-order valence-electron chi connectivity index (χ0n) is 10.5. The van der Waals surface area contributed by atoms with Crippen molar-refractivity contribution in [3.8, 4) is 11.8 Å². The maximum absolute atomic E-state index is 12.8. The first-order valence-corrected chi connectivity index (χ1v) is 5.73. The predicted octanol–water partition coefficient (Wildman–Crippen LogP) is 1.83. The average molecular weight is 263 g/mol. The summed E-state index contributed by atoms with van der Waals surface area (Å²) >= 11 is 0. The topological polar surface area (TPSA) is 70.3 Å². The van der Waals surface area contributed by atoms with E-state index in [1.165, 1.54) is 0 Å². The molecule has 5 nitrogen and oxygen atoms in total. The molecule has 2 rings (SSSR count). The van der Waals surface area contributed by atoms with Gasteiger partial charge >= 0.3 is 6.01 Å². The molecule has 0 radical (unpaired) electrons. The average Bonchev–Trinajstić information content (AvgIpc) is 2.43. The summed E-state index contributed by atoms with van der Waals surface area (Å²) in [5.41, 5.74) is 6.41. The molecule has 19 heavy (non-hydrogen) atoms. The van der Waals surface area contributed by atoms with Crippen LogP contribution in [0.5, 0.6) is 11.8 Å². The van der Waals surface area contributed by atoms with Crippen molar-refractivity contribution in [2.75, 3.05) is 19.5 Å². The van der Waals surface area contributed by atoms with Gasteiger partial charge in [-0.2, -0.15) is 4.98 Å². The van der Waals surface area contributed by atoms with Gasteiger partial charge in [0.25, 0.3) is 0 Å². The molecular formula is C13H14FN3O2. The van der Waals surface area contributed by atoms with E-state index in [4.69, 9.17) is 15.2 Å². The van der Waals surface area contributed by atoms with Gasteiger partial charge in [-0.05, 0) is 17.7 Å². The van der Waals surface area contributed by atoms with Crippen LogP contribution in [0.2, 0.25) is 0 Å². The summed E-state index contributed by atoms with van der Waals surface area (Å²) in [7, 11) is 1.62. The molecule has 2 aromatic rings. The summed E-state index contributed by atoms with van der Waals surface area (Å²) in [5, 5.41) is 0. The minimum absolute atomic E-state index is 0.0763. The first-order valence-electron chi connectivity index (χ1n) is 5.73. The fourth-order valence-electron chi connectivity index (χ4n) is 1.49. The molecule has 0 saturated heterocycles. The van der Waals surface area contributed by atoms with E-state index in [2.05, 4.69) is 9.97 Å². The van der Waals surface area contributed by atoms with Gasteiger partial charge in [0, 0.05) is 6.42 Å². The fraction of sp³-hybridized carbons (Fsp3) is 0.231. The number of aromatic nitrogens is 2. The minimum atomic E-state index is -0.650. The van der Waals surface area contributed by atoms with Crippen LogP contribution < -0.4 is 15.2 Å². The van der Waals surface area contributed by atoms with E-state index in [0.29, 0.717) is 13.0 Å². The van der Waals surface area contributed by atoms with Crippen LogP contribution in [0.25, 0.3) is 0 Å². The number of nitrogens with zero attached hydrogens (tertiary/aromatic N) is 2. The van der Waals surface area contributed by atoms with Gasteiger partial charge in [-0.25, -0.2) is 9.37 Å². The van der Waals surface area contributed by atoms with Crippen molar-refractivity contribution < 1.29 is 13.9 Å². The van der Waals surface area contributed by atoms with E-state index < -0.39 is 5.82 Å². The Morgan fingerprint density at radius 3 is 2.63 bits per heavy atom. The summed E-state index contributed by atoms with van der Waals surface area (Å²) in [5.74, 6) is -0.0590. The van der Waals surface area contributed by atoms with Crippen molar-refractivity contribution in [2.24, 2.45) is 0 Å². The molecule has 0 aliphatic carbocycles. The van der Waals surface area contributed by atoms with Crippen LogP contribution >= 0.6 is 0 Å². The van der Waals surface area contributed by atoms with Gasteiger partial charge in [-0.1, -0.05) is 12.1 Å². The van der Waals surface area contributed by atoms with E-state index in [-0.39, 0.29) is 11.8 Å². The number of halogens is 1. The number of benzene rings is 1. The molecular weight excluding hydrogens is 249 g/mol. The Balaban J connectivity index is 1.86. The smallest absolute Gasteiger partial charge is 0.318 e. The van der Waals surface area contributed by atoms with Crippen LogP contribution in [0, 0.1) is 5.82 Å². The highest BCUT2D eigenvalue weighted by Gasteiger charge is 2.04. The maximum atomic E-state index is 12.8. The second kappa shape index (κ2) is 5.99. The summed E-state index contributed by atoms with van der Waals surface area (Å²) in [6.45, 7) is 0.386. The lowest BCUT2D eigenvalue weighted by Crippen LogP contribution is -2.06. The van der Waals surface area contributed by atoms with Crippen molar-refractivity contribution in [3.05, 3.63) is 41.8 Å². The highest BCUT2D eigenvalue weighted by molar-refractivity contribution is 5.29. The molecule has 0 bridgehead atoms. The minimum Gasteiger partial charge on any atom is -0.497 e. The molecule has 0 saturated carbocycles. The SMILES string of the molecule is COc1ccc(CCOc2ncc(F)c(N)n2)cc1. The van der Waals surface area contributed by atoms with Crippen molar-refractivity contribution in [1.82, 2.24) is 9.97 Å². The molecule has 0 fully saturated rings. The molecule has 0 spiro atoms. The monoisotopic (exact) mass is 263 g/mol. The Labute approximate surface area is 110 Å². The molecule has 0 aliphatic rings. The third kappa shape index (κ3) is 3.54. The highest BCUT2D eigenvalue weighted by Crippen LogP contribution is 2.13. The molecule has 0 amide bonds. The number of nitrogens with two attached hydrogens (primary N) is 1. The van der Waals surface area contributed by atoms with Crippen LogP contribution in [-0.4, -0.2) is 23.7 Å². The van der Waals surface area contributed by atoms with Crippen molar-refractivity contribution >= 4 is 5.82 Å². The Hall–Kier alpha value is -2.37. The molecule has 1 heterocycles. The largest absolute Gasteiger partial charge is 0.497 e. The van der Waals surface area contributed by atoms with Crippen LogP contribution in [0.3, 0.4) is 0 Å². The van der Waals surface area contributed by atoms with E-state index in [1.54, 1.807) is 7.11 Å². The Bertz CT molecular complexity index is 546. The van der Waals surface area contributed by atoms with Gasteiger partial charge in [0.05, 0.1) is 19.9 Å². The summed E-state index contributed by atoms with van der Waals surface area (Å²) in [6, 6.07) is 7.72. The number of hydrogen-bond donors (Lipinski definition) is 1. The standard InChI is InChI=1S/C13H14FN3O2/c1-18-10-4-2-9(3-5-10)6-7-19-13-16-8-11(14)12(15)17-13/h2-5,8H,6-7H2,1H3,(H2,15,16,17). The van der Waals surface area contributed by atoms with E-state index >= 15 is 0 Å². The van der Waals surface area contributed by atoms with Gasteiger partial charge in [-0.15, -0.1) is 0 Å². The van der Waals surface area contributed by atoms with Crippen LogP contribution in [0.1, 0.15) is 5.56 Å². The lowest BCUT2D eigenvalue weighted by atomic mass is 10.1.